The lowest BCUT2D eigenvalue weighted by molar-refractivity contribution is -0.118. The number of nitrogens with zero attached hydrogens (tertiary/aromatic N) is 2. The van der Waals surface area contributed by atoms with E-state index in [-0.39, 0.29) is 35.9 Å². The van der Waals surface area contributed by atoms with Gasteiger partial charge in [0, 0.05) is 35.0 Å². The highest BCUT2D eigenvalue weighted by molar-refractivity contribution is 5.96. The highest BCUT2D eigenvalue weighted by Gasteiger charge is 2.31. The first-order valence-electron chi connectivity index (χ1n) is 15.6. The first kappa shape index (κ1) is 30.3. The second-order valence-electron chi connectivity index (χ2n) is 12.2. The fraction of sp³-hybridized carbons (Fsp3) is 0.412. The number of anilines is 2. The van der Waals surface area contributed by atoms with Crippen LogP contribution in [0.25, 0.3) is 21.5 Å². The van der Waals surface area contributed by atoms with Gasteiger partial charge in [-0.05, 0) is 72.9 Å². The molecule has 2 saturated carbocycles. The van der Waals surface area contributed by atoms with E-state index in [1.807, 2.05) is 48.5 Å². The smallest absolute Gasteiger partial charge is 0.228 e. The molecule has 8 rings (SSSR count). The zero-order chi connectivity index (χ0) is 31.6. The molecule has 4 aromatic rings. The number of carbonyl (C=O) groups excluding carboxylic acids is 2. The quantitative estimate of drug-likeness (QED) is 0.228. The predicted octanol–water partition coefficient (Wildman–Crippen LogP) is 3.44. The van der Waals surface area contributed by atoms with E-state index in [0.29, 0.717) is 49.6 Å². The van der Waals surface area contributed by atoms with Crippen LogP contribution in [0, 0.1) is 11.8 Å². The highest BCUT2D eigenvalue weighted by Crippen LogP contribution is 2.32. The van der Waals surface area contributed by atoms with Crippen LogP contribution in [0.15, 0.2) is 60.9 Å². The van der Waals surface area contributed by atoms with Crippen molar-refractivity contribution in [3.05, 3.63) is 60.9 Å². The number of hydrogen-bond donors (Lipinski definition) is 4. The summed E-state index contributed by atoms with van der Waals surface area (Å²) in [7, 11) is 0. The van der Waals surface area contributed by atoms with Gasteiger partial charge in [-0.25, -0.2) is 9.97 Å². The summed E-state index contributed by atoms with van der Waals surface area (Å²) < 4.78 is 21.9. The Morgan fingerprint density at radius 1 is 0.630 bits per heavy atom. The zero-order valence-electron chi connectivity index (χ0n) is 25.1. The number of rotatable bonds is 8. The van der Waals surface area contributed by atoms with Crippen molar-refractivity contribution in [2.75, 3.05) is 37.1 Å². The molecule has 0 spiro atoms. The normalized spacial score (nSPS) is 23.9. The third-order valence-corrected chi connectivity index (χ3v) is 8.36. The van der Waals surface area contributed by atoms with Crippen molar-refractivity contribution in [3.8, 4) is 11.5 Å². The molecule has 12 heteroatoms. The van der Waals surface area contributed by atoms with Crippen molar-refractivity contribution < 1.29 is 38.7 Å². The fourth-order valence-corrected chi connectivity index (χ4v) is 5.29. The number of aromatic nitrogens is 2. The van der Waals surface area contributed by atoms with E-state index < -0.39 is 12.2 Å². The minimum atomic E-state index is -0.594. The molecule has 4 N–H and O–H groups in total. The van der Waals surface area contributed by atoms with Crippen LogP contribution in [0.4, 0.5) is 11.6 Å². The topological polar surface area (TPSA) is 161 Å². The molecule has 4 fully saturated rings. The number of aliphatic hydroxyl groups excluding tert-OH is 2. The van der Waals surface area contributed by atoms with Gasteiger partial charge in [0.25, 0.3) is 0 Å². The molecule has 4 heterocycles. The monoisotopic (exact) mass is 628 g/mol. The summed E-state index contributed by atoms with van der Waals surface area (Å²) in [6.45, 7) is 1.40. The van der Waals surface area contributed by atoms with Crippen molar-refractivity contribution in [3.63, 3.8) is 0 Å². The number of aliphatic hydroxyl groups is 2. The van der Waals surface area contributed by atoms with Gasteiger partial charge in [-0.15, -0.1) is 0 Å². The third kappa shape index (κ3) is 7.37. The summed E-state index contributed by atoms with van der Waals surface area (Å²) in [6, 6.07) is 15.0. The first-order chi connectivity index (χ1) is 22.4. The molecule has 2 aromatic carbocycles. The molecule has 4 aliphatic rings. The SMILES string of the molecule is O=C(Nc1cc2ccc(O[C@@H]3COC[C@H]3O)cc2cn1)C1CC1.O=C(Nc1cc2ccc(O[C@H]3COC[C@@H]3O)cc2cn1)C1CC1. The van der Waals surface area contributed by atoms with E-state index >= 15 is 0 Å². The lowest BCUT2D eigenvalue weighted by Gasteiger charge is -2.15. The van der Waals surface area contributed by atoms with Gasteiger partial charge in [-0.3, -0.25) is 9.59 Å². The van der Waals surface area contributed by atoms with Crippen LogP contribution in [0.1, 0.15) is 25.7 Å². The average molecular weight is 629 g/mol. The average Bonchev–Trinajstić information content (AvgIpc) is 3.99. The summed E-state index contributed by atoms with van der Waals surface area (Å²) in [4.78, 5) is 32.1. The van der Waals surface area contributed by atoms with Crippen molar-refractivity contribution in [2.24, 2.45) is 11.8 Å². The van der Waals surface area contributed by atoms with E-state index in [1.54, 1.807) is 12.4 Å². The third-order valence-electron chi connectivity index (χ3n) is 8.36. The number of hydrogen-bond acceptors (Lipinski definition) is 10. The number of carbonyl (C=O) groups is 2. The Morgan fingerprint density at radius 3 is 1.43 bits per heavy atom. The molecule has 46 heavy (non-hydrogen) atoms. The minimum Gasteiger partial charge on any atom is -0.485 e. The summed E-state index contributed by atoms with van der Waals surface area (Å²) in [5.74, 6) is 2.89. The van der Waals surface area contributed by atoms with Crippen molar-refractivity contribution in [2.45, 2.75) is 50.1 Å². The number of pyridine rings is 2. The standard InChI is InChI=1S/2C17H18N2O4/c2*20-14-8-22-9-15(14)23-13-4-3-11-6-16(18-7-12(11)5-13)19-17(21)10-1-2-10/h2*3-7,10,14-15,20H,1-2,8-9H2,(H,18,19,21)/t2*14-,15-/m10/s1. The Balaban J connectivity index is 0.000000147. The number of ether oxygens (including phenoxy) is 4. The van der Waals surface area contributed by atoms with Crippen LogP contribution in [0.3, 0.4) is 0 Å². The number of benzene rings is 2. The molecular weight excluding hydrogens is 592 g/mol. The molecule has 2 aliphatic heterocycles. The van der Waals surface area contributed by atoms with Gasteiger partial charge in [0.1, 0.15) is 47.6 Å². The Morgan fingerprint density at radius 2 is 1.07 bits per heavy atom. The van der Waals surface area contributed by atoms with Crippen molar-refractivity contribution in [1.82, 2.24) is 9.97 Å². The summed E-state index contributed by atoms with van der Waals surface area (Å²) in [5.41, 5.74) is 0. The first-order valence-corrected chi connectivity index (χ1v) is 15.6. The van der Waals surface area contributed by atoms with Gasteiger partial charge < -0.3 is 39.8 Å². The van der Waals surface area contributed by atoms with E-state index in [4.69, 9.17) is 18.9 Å². The predicted molar refractivity (Wildman–Crippen MR) is 169 cm³/mol. The number of fused-ring (bicyclic) bond motifs is 2. The zero-order valence-corrected chi connectivity index (χ0v) is 25.1. The second-order valence-corrected chi connectivity index (χ2v) is 12.2. The molecular formula is C34H36N4O8. The van der Waals surface area contributed by atoms with Gasteiger partial charge in [0.15, 0.2) is 0 Å². The number of nitrogens with one attached hydrogen (secondary N) is 2. The van der Waals surface area contributed by atoms with E-state index in [2.05, 4.69) is 20.6 Å². The molecule has 2 aromatic heterocycles. The fourth-order valence-electron chi connectivity index (χ4n) is 5.29. The van der Waals surface area contributed by atoms with Crippen LogP contribution in [0.5, 0.6) is 11.5 Å². The van der Waals surface area contributed by atoms with Crippen LogP contribution in [-0.4, -0.2) is 82.8 Å². The van der Waals surface area contributed by atoms with Gasteiger partial charge in [0.05, 0.1) is 26.4 Å². The molecule has 4 atom stereocenters. The van der Waals surface area contributed by atoms with Crippen LogP contribution in [-0.2, 0) is 19.1 Å². The van der Waals surface area contributed by atoms with Gasteiger partial charge in [-0.1, -0.05) is 12.1 Å². The van der Waals surface area contributed by atoms with Crippen molar-refractivity contribution in [1.29, 1.82) is 0 Å². The number of amides is 2. The molecule has 240 valence electrons. The molecule has 0 bridgehead atoms. The molecule has 2 aliphatic carbocycles. The maximum Gasteiger partial charge on any atom is 0.228 e. The van der Waals surface area contributed by atoms with Gasteiger partial charge >= 0.3 is 0 Å². The lowest BCUT2D eigenvalue weighted by Crippen LogP contribution is -2.29. The van der Waals surface area contributed by atoms with Crippen LogP contribution >= 0.6 is 0 Å². The Kier molecular flexibility index (Phi) is 8.67. The minimum absolute atomic E-state index is 0.0482. The van der Waals surface area contributed by atoms with Gasteiger partial charge in [-0.2, -0.15) is 0 Å². The maximum atomic E-state index is 11.8. The van der Waals surface area contributed by atoms with Crippen LogP contribution in [0.2, 0.25) is 0 Å². The molecule has 12 nitrogen and oxygen atoms in total. The molecule has 2 amide bonds. The second kappa shape index (κ2) is 13.2. The summed E-state index contributed by atoms with van der Waals surface area (Å²) >= 11 is 0. The highest BCUT2D eigenvalue weighted by atomic mass is 16.6. The van der Waals surface area contributed by atoms with Crippen LogP contribution < -0.4 is 20.1 Å². The van der Waals surface area contributed by atoms with Gasteiger partial charge in [0.2, 0.25) is 11.8 Å². The Labute approximate surface area is 265 Å². The lowest BCUT2D eigenvalue weighted by atomic mass is 10.1. The molecule has 2 saturated heterocycles. The largest absolute Gasteiger partial charge is 0.485 e. The van der Waals surface area contributed by atoms with E-state index in [9.17, 15) is 19.8 Å². The Hall–Kier alpha value is -4.36. The molecule has 0 unspecified atom stereocenters. The molecule has 0 radical (unpaired) electrons. The summed E-state index contributed by atoms with van der Waals surface area (Å²) in [5, 5.41) is 28.9. The summed E-state index contributed by atoms with van der Waals surface area (Å²) in [6.07, 6.45) is 5.45. The van der Waals surface area contributed by atoms with E-state index in [1.165, 1.54) is 0 Å². The van der Waals surface area contributed by atoms with Crippen molar-refractivity contribution >= 4 is 45.0 Å². The van der Waals surface area contributed by atoms with E-state index in [0.717, 1.165) is 47.2 Å². The Bertz CT molecular complexity index is 1620. The maximum absolute atomic E-state index is 11.8.